The third-order valence-corrected chi connectivity index (χ3v) is 6.29. The zero-order chi connectivity index (χ0) is 23.5. The van der Waals surface area contributed by atoms with Crippen LogP contribution in [0.15, 0.2) is 29.2 Å². The van der Waals surface area contributed by atoms with E-state index in [0.29, 0.717) is 17.3 Å². The first-order valence-corrected chi connectivity index (χ1v) is 10.7. The lowest BCUT2D eigenvalue weighted by atomic mass is 10.1. The van der Waals surface area contributed by atoms with E-state index in [0.717, 1.165) is 0 Å². The fourth-order valence-electron chi connectivity index (χ4n) is 3.06. The fraction of sp³-hybridized carbons (Fsp3) is 0.412. The Kier molecular flexibility index (Phi) is 5.29. The summed E-state index contributed by atoms with van der Waals surface area (Å²) in [6.07, 6.45) is -7.43. The first kappa shape index (κ1) is 20.9. The van der Waals surface area contributed by atoms with Crippen molar-refractivity contribution in [2.24, 2.45) is 0 Å². The van der Waals surface area contributed by atoms with Gasteiger partial charge in [-0.1, -0.05) is 30.4 Å². The smallest absolute Gasteiger partial charge is 0.403 e. The number of nitrogens with one attached hydrogen (secondary N) is 1. The molecule has 0 spiro atoms. The highest BCUT2D eigenvalue weighted by molar-refractivity contribution is 7.71. The number of aliphatic hydroxyl groups excluding tert-OH is 2. The number of nitrogens with zero attached hydrogens (tertiary/aromatic N) is 1. The van der Waals surface area contributed by atoms with Gasteiger partial charge in [0.1, 0.15) is 29.2 Å². The van der Waals surface area contributed by atoms with E-state index in [-0.39, 0.29) is 16.9 Å². The Hall–Kier alpha value is -1.99. The molecule has 1 aromatic carbocycles. The molecule has 14 heteroatoms. The summed E-state index contributed by atoms with van der Waals surface area (Å²) in [7, 11) is -4.37. The van der Waals surface area contributed by atoms with Gasteiger partial charge in [-0.3, -0.25) is 18.6 Å². The minimum atomic E-state index is -4.37. The van der Waals surface area contributed by atoms with Gasteiger partial charge in [-0.05, 0) is 12.5 Å². The summed E-state index contributed by atoms with van der Waals surface area (Å²) in [5.41, 5.74) is -0.0116. The Morgan fingerprint density at radius 1 is 1.52 bits per heavy atom. The number of alkyl halides is 1. The Morgan fingerprint density at radius 3 is 3.00 bits per heavy atom. The number of hydrogen-bond acceptors (Lipinski definition) is 9. The maximum atomic E-state index is 15.4. The highest BCUT2D eigenvalue weighted by atomic mass is 32.1. The molecule has 1 saturated heterocycles. The second-order valence-electron chi connectivity index (χ2n) is 6.87. The van der Waals surface area contributed by atoms with Gasteiger partial charge in [0.25, 0.3) is 5.85 Å². The van der Waals surface area contributed by atoms with Crippen LogP contribution in [-0.4, -0.2) is 44.4 Å². The molecule has 1 aromatic heterocycles. The number of aryl methyl sites for hydroxylation is 1. The van der Waals surface area contributed by atoms with Crippen molar-refractivity contribution >= 4 is 20.0 Å². The van der Waals surface area contributed by atoms with Crippen molar-refractivity contribution in [3.8, 4) is 5.75 Å². The quantitative estimate of drug-likeness (QED) is 0.445. The number of ether oxygens (including phenoxy) is 1. The molecular weight excluding hydrogens is 461 g/mol. The lowest BCUT2D eigenvalue weighted by Crippen LogP contribution is -2.43. The number of para-hydroxylation sites is 1. The number of halogens is 2. The van der Waals surface area contributed by atoms with Crippen LogP contribution in [0.2, 0.25) is 0 Å². The van der Waals surface area contributed by atoms with Crippen LogP contribution in [0.25, 0.3) is 0 Å². The largest absolute Gasteiger partial charge is 0.530 e. The van der Waals surface area contributed by atoms with E-state index in [1.807, 2.05) is 4.98 Å². The van der Waals surface area contributed by atoms with Gasteiger partial charge in [0.2, 0.25) is 0 Å². The van der Waals surface area contributed by atoms with Crippen LogP contribution in [0.5, 0.6) is 5.75 Å². The third-order valence-electron chi connectivity index (χ3n) is 4.70. The van der Waals surface area contributed by atoms with Crippen molar-refractivity contribution in [2.45, 2.75) is 37.8 Å². The normalized spacial score (nSPS) is 35.3. The lowest BCUT2D eigenvalue weighted by molar-refractivity contribution is -0.205. The van der Waals surface area contributed by atoms with Crippen LogP contribution in [-0.2, 0) is 25.0 Å². The number of benzene rings is 1. The summed E-state index contributed by atoms with van der Waals surface area (Å²) in [6, 6.07) is 5.08. The van der Waals surface area contributed by atoms with Gasteiger partial charge in [0.05, 0.1) is 14.2 Å². The van der Waals surface area contributed by atoms with E-state index in [1.54, 1.807) is 25.1 Å². The average molecular weight is 479 g/mol. The molecule has 2 aliphatic rings. The van der Waals surface area contributed by atoms with Crippen LogP contribution in [0.1, 0.15) is 18.7 Å². The Labute approximate surface area is 180 Å². The second-order valence-corrected chi connectivity index (χ2v) is 8.87. The molecule has 3 heterocycles. The third kappa shape index (κ3) is 3.98. The molecule has 5 atom stereocenters. The van der Waals surface area contributed by atoms with Gasteiger partial charge in [0, 0.05) is 5.56 Å². The van der Waals surface area contributed by atoms with Crippen LogP contribution in [0.4, 0.5) is 8.78 Å². The summed E-state index contributed by atoms with van der Waals surface area (Å²) in [6.45, 7) is 0.201. The fourth-order valence-corrected chi connectivity index (χ4v) is 4.49. The van der Waals surface area contributed by atoms with Crippen molar-refractivity contribution in [2.75, 3.05) is 6.61 Å². The van der Waals surface area contributed by atoms with Gasteiger partial charge in [-0.25, -0.2) is 18.1 Å². The molecule has 0 bridgehead atoms. The highest BCUT2D eigenvalue weighted by Gasteiger charge is 2.57. The predicted octanol–water partition coefficient (Wildman–Crippen LogP) is 2.00. The summed E-state index contributed by atoms with van der Waals surface area (Å²) in [4.78, 5) is 14.0. The monoisotopic (exact) mass is 479 g/mol. The summed E-state index contributed by atoms with van der Waals surface area (Å²) in [5, 5.41) is 20.4. The zero-order valence-corrected chi connectivity index (χ0v) is 17.5. The average Bonchev–Trinajstić information content (AvgIpc) is 2.91. The number of rotatable bonds is 4. The molecule has 0 radical (unpaired) electrons. The van der Waals surface area contributed by atoms with Gasteiger partial charge in [-0.15, -0.1) is 0 Å². The van der Waals surface area contributed by atoms with E-state index in [4.69, 9.17) is 19.7 Å². The maximum Gasteiger partial charge on any atom is 0.530 e. The van der Waals surface area contributed by atoms with Crippen molar-refractivity contribution in [1.82, 2.24) is 9.55 Å². The number of phosphoric acid groups is 1. The first-order chi connectivity index (χ1) is 14.9. The van der Waals surface area contributed by atoms with E-state index < -0.39 is 54.8 Å². The zero-order valence-electron chi connectivity index (χ0n) is 16.8. The minimum Gasteiger partial charge on any atom is -0.403 e. The number of aromatic nitrogens is 2. The Bertz CT molecular complexity index is 1240. The van der Waals surface area contributed by atoms with Crippen LogP contribution < -0.4 is 10.2 Å². The minimum absolute atomic E-state index is 0.167. The topological polar surface area (TPSA) is 132 Å². The molecule has 1 unspecified atom stereocenters. The molecule has 168 valence electrons. The van der Waals surface area contributed by atoms with E-state index in [1.165, 1.54) is 0 Å². The molecule has 2 aromatic rings. The molecule has 10 nitrogen and oxygen atoms in total. The SMILES string of the molecule is [2H][C@@]1(n2cc(F)c(=S)[nH]c2=O)O[C@](F)(COP2(=O)OCc3cccc(C)c3O2)[C@@H](O)[C@H]1O. The molecule has 0 amide bonds. The Morgan fingerprint density at radius 2 is 2.26 bits per heavy atom. The Balaban J connectivity index is 1.58. The predicted molar refractivity (Wildman–Crippen MR) is 102 cm³/mol. The van der Waals surface area contributed by atoms with Gasteiger partial charge >= 0.3 is 13.5 Å². The molecule has 0 aliphatic carbocycles. The summed E-state index contributed by atoms with van der Waals surface area (Å²) >= 11 is 4.56. The van der Waals surface area contributed by atoms with Crippen LogP contribution >= 0.6 is 20.0 Å². The van der Waals surface area contributed by atoms with Crippen molar-refractivity contribution in [1.29, 1.82) is 0 Å². The first-order valence-electron chi connectivity index (χ1n) is 9.33. The molecule has 0 saturated carbocycles. The molecule has 3 N–H and O–H groups in total. The van der Waals surface area contributed by atoms with Crippen LogP contribution in [0.3, 0.4) is 0 Å². The highest BCUT2D eigenvalue weighted by Crippen LogP contribution is 2.56. The molecular formula is C17H17F2N2O8PS. The molecule has 2 aliphatic heterocycles. The van der Waals surface area contributed by atoms with Crippen molar-refractivity contribution in [3.05, 3.63) is 56.5 Å². The van der Waals surface area contributed by atoms with Crippen LogP contribution in [0, 0.1) is 17.4 Å². The molecule has 31 heavy (non-hydrogen) atoms. The number of fused-ring (bicyclic) bond motifs is 1. The number of hydrogen-bond donors (Lipinski definition) is 3. The van der Waals surface area contributed by atoms with Crippen molar-refractivity contribution in [3.63, 3.8) is 0 Å². The van der Waals surface area contributed by atoms with Gasteiger partial charge in [0.15, 0.2) is 12.0 Å². The summed E-state index contributed by atoms with van der Waals surface area (Å²) in [5.74, 6) is -4.29. The maximum absolute atomic E-state index is 15.4. The van der Waals surface area contributed by atoms with E-state index in [9.17, 15) is 24.0 Å². The van der Waals surface area contributed by atoms with Crippen molar-refractivity contribution < 1.29 is 43.2 Å². The molecule has 4 rings (SSSR count). The van der Waals surface area contributed by atoms with Gasteiger partial charge < -0.3 is 19.5 Å². The number of H-pyrrole nitrogens is 1. The standard InChI is InChI=1S/C17H17F2N2O8PS/c1-8-3-2-4-9-6-26-30(25,29-12(8)9)27-7-17(19)13(23)11(22)15(28-17)21-5-10(18)14(31)20-16(21)24/h2-5,11,13,15,22-23H,6-7H2,1H3,(H,20,24,31)/t11-,13+,15-,17-,30?/m1/s1/i15D. The molecule has 1 fully saturated rings. The second kappa shape index (κ2) is 7.85. The lowest BCUT2D eigenvalue weighted by Gasteiger charge is -2.29. The summed E-state index contributed by atoms with van der Waals surface area (Å²) < 4.78 is 70.0. The number of phosphoric ester groups is 1. The van der Waals surface area contributed by atoms with Gasteiger partial charge in [-0.2, -0.15) is 0 Å². The van der Waals surface area contributed by atoms with E-state index >= 15 is 4.39 Å². The van der Waals surface area contributed by atoms with E-state index in [2.05, 4.69) is 12.2 Å². The number of aliphatic hydroxyl groups is 2. The number of aromatic amines is 1.